The number of pyridine rings is 1. The molecule has 47 heavy (non-hydrogen) atoms. The third-order valence-electron chi connectivity index (χ3n) is 8.46. The lowest BCUT2D eigenvalue weighted by Crippen LogP contribution is -2.30. The highest BCUT2D eigenvalue weighted by Crippen LogP contribution is 2.68. The summed E-state index contributed by atoms with van der Waals surface area (Å²) in [4.78, 5) is 18.1. The number of benzene rings is 2. The number of carbonyl (C=O) groups excluding carboxylic acids is 1. The van der Waals surface area contributed by atoms with Crippen LogP contribution >= 0.6 is 0 Å². The fraction of sp³-hybridized carbons (Fsp3) is 0.364. The van der Waals surface area contributed by atoms with Crippen LogP contribution in [0.25, 0.3) is 11.1 Å². The van der Waals surface area contributed by atoms with Crippen LogP contribution in [0.1, 0.15) is 73.2 Å². The first-order chi connectivity index (χ1) is 22.2. The molecule has 14 heteroatoms. The summed E-state index contributed by atoms with van der Waals surface area (Å²) in [7, 11) is -3.79. The van der Waals surface area contributed by atoms with Gasteiger partial charge in [0, 0.05) is 47.7 Å². The first-order valence-electron chi connectivity index (χ1n) is 15.0. The van der Waals surface area contributed by atoms with Crippen molar-refractivity contribution < 1.29 is 39.6 Å². The highest BCUT2D eigenvalue weighted by atomic mass is 32.2. The Bertz CT molecular complexity index is 1930. The second-order valence-electron chi connectivity index (χ2n) is 12.3. The summed E-state index contributed by atoms with van der Waals surface area (Å²) < 4.78 is 115. The van der Waals surface area contributed by atoms with Gasteiger partial charge in [0.2, 0.25) is 10.0 Å². The van der Waals surface area contributed by atoms with Crippen LogP contribution < -0.4 is 4.72 Å². The molecule has 2 aliphatic rings. The average molecular weight is 677 g/mol. The van der Waals surface area contributed by atoms with Gasteiger partial charge in [0.1, 0.15) is 29.6 Å². The second kappa shape index (κ2) is 12.2. The number of carbonyl (C=O) groups is 1. The molecule has 0 radical (unpaired) electrons. The molecule has 3 atom stereocenters. The number of ketones is 1. The summed E-state index contributed by atoms with van der Waals surface area (Å²) in [6.07, 6.45) is -2.01. The smallest absolute Gasteiger partial charge is 0.293 e. The van der Waals surface area contributed by atoms with E-state index in [1.807, 2.05) is 0 Å². The number of nitrogens with one attached hydrogen (secondary N) is 1. The zero-order valence-corrected chi connectivity index (χ0v) is 26.0. The fourth-order valence-corrected chi connectivity index (χ4v) is 7.79. The van der Waals surface area contributed by atoms with Gasteiger partial charge in [0.25, 0.3) is 12.3 Å². The number of hydrogen-bond acceptors (Lipinski definition) is 5. The first-order valence-corrected chi connectivity index (χ1v) is 16.5. The molecule has 4 aromatic rings. The van der Waals surface area contributed by atoms with Gasteiger partial charge in [-0.3, -0.25) is 14.5 Å². The van der Waals surface area contributed by atoms with Crippen LogP contribution in [0.3, 0.4) is 0 Å². The summed E-state index contributed by atoms with van der Waals surface area (Å²) in [6, 6.07) is 11.8. The van der Waals surface area contributed by atoms with E-state index < -0.39 is 75.5 Å². The number of fused-ring (bicyclic) bond motifs is 3. The molecule has 248 valence electrons. The van der Waals surface area contributed by atoms with Crippen molar-refractivity contribution in [3.63, 3.8) is 0 Å². The van der Waals surface area contributed by atoms with Crippen molar-refractivity contribution >= 4 is 15.8 Å². The molecule has 1 saturated carbocycles. The summed E-state index contributed by atoms with van der Waals surface area (Å²) in [6.45, 7) is 2.66. The second-order valence-corrected chi connectivity index (χ2v) is 14.0. The fourth-order valence-electron chi connectivity index (χ4n) is 6.54. The normalized spacial score (nSPS) is 18.8. The number of halogens is 6. The molecule has 0 saturated heterocycles. The quantitative estimate of drug-likeness (QED) is 0.163. The zero-order valence-electron chi connectivity index (χ0n) is 25.2. The van der Waals surface area contributed by atoms with Crippen LogP contribution in [-0.2, 0) is 33.7 Å². The van der Waals surface area contributed by atoms with Gasteiger partial charge in [-0.15, -0.1) is 0 Å². The highest BCUT2D eigenvalue weighted by molar-refractivity contribution is 7.89. The van der Waals surface area contributed by atoms with E-state index in [1.54, 1.807) is 38.1 Å². The van der Waals surface area contributed by atoms with Gasteiger partial charge >= 0.3 is 0 Å². The molecular formula is C33H30F6N4O3S. The van der Waals surface area contributed by atoms with Gasteiger partial charge in [0.15, 0.2) is 5.78 Å². The molecule has 2 aliphatic carbocycles. The molecule has 0 amide bonds. The van der Waals surface area contributed by atoms with E-state index >= 15 is 8.78 Å². The SMILES string of the molecule is CC(C)NS(=O)(=O)c1ccc(-c2cccnc2[C@@H](CC(=O)Cn2nc(C(F)F)c3c2C(F)(F)C2CC32)Cc2cc(F)cc(F)c2)cc1. The lowest BCUT2D eigenvalue weighted by atomic mass is 9.87. The Labute approximate surface area is 267 Å². The van der Waals surface area contributed by atoms with Crippen molar-refractivity contribution in [2.75, 3.05) is 0 Å². The van der Waals surface area contributed by atoms with Gasteiger partial charge in [0.05, 0.1) is 10.6 Å². The minimum atomic E-state index is -3.79. The average Bonchev–Trinajstić information content (AvgIpc) is 3.64. The van der Waals surface area contributed by atoms with Gasteiger partial charge < -0.3 is 0 Å². The molecule has 2 unspecified atom stereocenters. The maximum Gasteiger partial charge on any atom is 0.293 e. The van der Waals surface area contributed by atoms with E-state index in [1.165, 1.54) is 18.3 Å². The van der Waals surface area contributed by atoms with E-state index in [0.717, 1.165) is 12.1 Å². The van der Waals surface area contributed by atoms with Crippen molar-refractivity contribution in [1.29, 1.82) is 0 Å². The predicted octanol–water partition coefficient (Wildman–Crippen LogP) is 7.04. The number of sulfonamides is 1. The Hall–Kier alpha value is -4.04. The topological polar surface area (TPSA) is 94.0 Å². The molecule has 6 rings (SSSR count). The van der Waals surface area contributed by atoms with Gasteiger partial charge in [-0.25, -0.2) is 30.7 Å². The van der Waals surface area contributed by atoms with Crippen LogP contribution in [-0.4, -0.2) is 35.0 Å². The molecule has 1 fully saturated rings. The van der Waals surface area contributed by atoms with Crippen LogP contribution in [0.5, 0.6) is 0 Å². The molecule has 0 spiro atoms. The van der Waals surface area contributed by atoms with Gasteiger partial charge in [-0.1, -0.05) is 18.2 Å². The Balaban J connectivity index is 1.34. The van der Waals surface area contributed by atoms with E-state index in [4.69, 9.17) is 0 Å². The molecule has 2 aromatic heterocycles. The van der Waals surface area contributed by atoms with Crippen molar-refractivity contribution in [1.82, 2.24) is 19.5 Å². The number of Topliss-reactive ketones (excluding diaryl/α,β-unsaturated/α-hetero) is 1. The summed E-state index contributed by atoms with van der Waals surface area (Å²) in [5.41, 5.74) is -0.0383. The highest BCUT2D eigenvalue weighted by Gasteiger charge is 2.67. The lowest BCUT2D eigenvalue weighted by molar-refractivity contribution is -0.120. The maximum atomic E-state index is 15.1. The third kappa shape index (κ3) is 6.45. The van der Waals surface area contributed by atoms with E-state index in [0.29, 0.717) is 27.6 Å². The van der Waals surface area contributed by atoms with Crippen LogP contribution in [0.2, 0.25) is 0 Å². The van der Waals surface area contributed by atoms with E-state index in [9.17, 15) is 30.8 Å². The van der Waals surface area contributed by atoms with Crippen molar-refractivity contribution in [3.05, 3.63) is 101 Å². The van der Waals surface area contributed by atoms with E-state index in [-0.39, 0.29) is 41.3 Å². The minimum Gasteiger partial charge on any atom is -0.298 e. The van der Waals surface area contributed by atoms with Crippen molar-refractivity contribution in [3.8, 4) is 11.1 Å². The largest absolute Gasteiger partial charge is 0.298 e. The summed E-state index contributed by atoms with van der Waals surface area (Å²) >= 11 is 0. The Kier molecular flexibility index (Phi) is 8.54. The number of hydrogen-bond donors (Lipinski definition) is 1. The Morgan fingerprint density at radius 3 is 2.36 bits per heavy atom. The summed E-state index contributed by atoms with van der Waals surface area (Å²) in [5.74, 6) is -8.39. The maximum absolute atomic E-state index is 15.1. The Morgan fingerprint density at radius 2 is 1.72 bits per heavy atom. The number of aromatic nitrogens is 3. The standard InChI is InChI=1S/C33H30F6N4O3S/c1-17(2)42-47(45,46)24-7-5-19(6-8-24)25-4-3-9-40-29(25)20(10-18-11-21(34)14-22(35)12-18)13-23(44)16-43-31-28(30(41-43)32(36)37)26-15-27(26)33(31,38)39/h3-9,11-12,14,17,20,26-27,32,42H,10,13,15-16H2,1-2H3/t20-,26?,27?/m1/s1. The van der Waals surface area contributed by atoms with Gasteiger partial charge in [-0.05, 0) is 74.1 Å². The number of rotatable bonds is 12. The van der Waals surface area contributed by atoms with Crippen LogP contribution in [0.4, 0.5) is 26.3 Å². The monoisotopic (exact) mass is 676 g/mol. The van der Waals surface area contributed by atoms with Crippen molar-refractivity contribution in [2.24, 2.45) is 5.92 Å². The molecule has 7 nitrogen and oxygen atoms in total. The lowest BCUT2D eigenvalue weighted by Gasteiger charge is -2.21. The predicted molar refractivity (Wildman–Crippen MR) is 159 cm³/mol. The molecule has 0 aliphatic heterocycles. The number of nitrogens with zero attached hydrogens (tertiary/aromatic N) is 3. The molecule has 2 aromatic carbocycles. The first kappa shape index (κ1) is 32.9. The van der Waals surface area contributed by atoms with Gasteiger partial charge in [-0.2, -0.15) is 13.9 Å². The van der Waals surface area contributed by atoms with E-state index in [2.05, 4.69) is 14.8 Å². The summed E-state index contributed by atoms with van der Waals surface area (Å²) in [5, 5.41) is 3.74. The minimum absolute atomic E-state index is 0.0201. The van der Waals surface area contributed by atoms with Crippen LogP contribution in [0, 0.1) is 17.6 Å². The molecule has 0 bridgehead atoms. The Morgan fingerprint density at radius 1 is 1.04 bits per heavy atom. The van der Waals surface area contributed by atoms with Crippen molar-refractivity contribution in [2.45, 2.75) is 74.8 Å². The molecule has 2 heterocycles. The zero-order chi connectivity index (χ0) is 33.8. The molecule has 1 N–H and O–H groups in total. The van der Waals surface area contributed by atoms with Crippen LogP contribution in [0.15, 0.2) is 65.7 Å². The molecular weight excluding hydrogens is 646 g/mol. The number of alkyl halides is 4. The third-order valence-corrected chi connectivity index (χ3v) is 10.1.